The maximum atomic E-state index is 13.1. The molecule has 162 valence electrons. The zero-order chi connectivity index (χ0) is 22.4. The molecule has 0 aliphatic carbocycles. The number of aliphatic imine (C=N–C) groups is 1. The van der Waals surface area contributed by atoms with Gasteiger partial charge in [-0.1, -0.05) is 48.5 Å². The van der Waals surface area contributed by atoms with Gasteiger partial charge in [0.05, 0.1) is 0 Å². The van der Waals surface area contributed by atoms with Gasteiger partial charge in [0.1, 0.15) is 23.7 Å². The molecule has 0 fully saturated rings. The molecule has 30 heavy (non-hydrogen) atoms. The molecule has 1 aromatic carbocycles. The Kier molecular flexibility index (Phi) is 5.58. The van der Waals surface area contributed by atoms with E-state index >= 15 is 0 Å². The number of nitrogens with one attached hydrogen (secondary N) is 1. The third kappa shape index (κ3) is 4.15. The Balaban J connectivity index is 1.94. The van der Waals surface area contributed by atoms with Gasteiger partial charge >= 0.3 is 0 Å². The number of phenols is 1. The first-order chi connectivity index (χ1) is 13.8. The van der Waals surface area contributed by atoms with Gasteiger partial charge in [0, 0.05) is 24.2 Å². The summed E-state index contributed by atoms with van der Waals surface area (Å²) in [7, 11) is 0. The molecule has 2 aromatic rings. The second-order valence-corrected chi connectivity index (χ2v) is 10.1. The van der Waals surface area contributed by atoms with Crippen molar-refractivity contribution in [2.45, 2.75) is 71.9 Å². The molecule has 3 rings (SSSR count). The number of phenolic OH excluding ortho intramolecular Hbond substituents is 1. The highest BCUT2D eigenvalue weighted by atomic mass is 16.3. The minimum absolute atomic E-state index is 0.143. The number of aromatic hydroxyl groups is 1. The molecule has 0 bridgehead atoms. The summed E-state index contributed by atoms with van der Waals surface area (Å²) in [6, 6.07) is 5.49. The molecule has 2 atom stereocenters. The van der Waals surface area contributed by atoms with E-state index in [1.165, 1.54) is 6.21 Å². The summed E-state index contributed by atoms with van der Waals surface area (Å²) in [5, 5.41) is 24.3. The number of nitrogens with zero attached hydrogens (tertiary/aromatic N) is 2. The summed E-state index contributed by atoms with van der Waals surface area (Å²) in [6.45, 7) is 14.4. The van der Waals surface area contributed by atoms with Crippen LogP contribution in [0.2, 0.25) is 0 Å². The topological polar surface area (TPSA) is 86.9 Å². The molecular formula is C24H33N3O3. The molecular weight excluding hydrogens is 378 g/mol. The van der Waals surface area contributed by atoms with Gasteiger partial charge in [0.15, 0.2) is 0 Å². The highest BCUT2D eigenvalue weighted by Gasteiger charge is 2.33. The number of hydrogen-bond donors (Lipinski definition) is 3. The van der Waals surface area contributed by atoms with Crippen LogP contribution in [0.3, 0.4) is 0 Å². The van der Waals surface area contributed by atoms with E-state index in [-0.39, 0.29) is 22.5 Å². The van der Waals surface area contributed by atoms with Crippen molar-refractivity contribution in [1.29, 1.82) is 0 Å². The van der Waals surface area contributed by atoms with E-state index < -0.39 is 12.1 Å². The van der Waals surface area contributed by atoms with E-state index in [9.17, 15) is 15.0 Å². The van der Waals surface area contributed by atoms with Crippen LogP contribution in [0, 0.1) is 5.92 Å². The van der Waals surface area contributed by atoms with E-state index in [2.05, 4.69) is 31.1 Å². The lowest BCUT2D eigenvalue weighted by Crippen LogP contribution is -2.34. The van der Waals surface area contributed by atoms with Gasteiger partial charge in [-0.25, -0.2) is 4.99 Å². The van der Waals surface area contributed by atoms with E-state index in [1.807, 2.05) is 46.0 Å². The molecule has 2 heterocycles. The number of aromatic nitrogens is 1. The van der Waals surface area contributed by atoms with Crippen LogP contribution in [0.4, 0.5) is 11.5 Å². The lowest BCUT2D eigenvalue weighted by Gasteiger charge is -2.29. The lowest BCUT2D eigenvalue weighted by atomic mass is 9.79. The second kappa shape index (κ2) is 7.58. The van der Waals surface area contributed by atoms with Crippen molar-refractivity contribution in [2.75, 3.05) is 5.32 Å². The van der Waals surface area contributed by atoms with Gasteiger partial charge < -0.3 is 20.1 Å². The predicted octanol–water partition coefficient (Wildman–Crippen LogP) is 4.81. The Morgan fingerprint density at radius 2 is 1.73 bits per heavy atom. The van der Waals surface area contributed by atoms with Crippen molar-refractivity contribution in [2.24, 2.45) is 10.9 Å². The van der Waals surface area contributed by atoms with Gasteiger partial charge in [0.25, 0.3) is 0 Å². The van der Waals surface area contributed by atoms with Crippen LogP contribution >= 0.6 is 0 Å². The predicted molar refractivity (Wildman–Crippen MR) is 121 cm³/mol. The summed E-state index contributed by atoms with van der Waals surface area (Å²) in [6.07, 6.45) is 3.13. The Morgan fingerprint density at radius 3 is 2.30 bits per heavy atom. The smallest absolute Gasteiger partial charge is 0.237 e. The zero-order valence-corrected chi connectivity index (χ0v) is 18.9. The normalized spacial score (nSPS) is 18.9. The fraction of sp³-hybridized carbons (Fsp3) is 0.500. The van der Waals surface area contributed by atoms with E-state index in [1.54, 1.807) is 10.6 Å². The van der Waals surface area contributed by atoms with Crippen LogP contribution in [0.1, 0.15) is 71.4 Å². The number of rotatable bonds is 3. The fourth-order valence-corrected chi connectivity index (χ4v) is 3.77. The highest BCUT2D eigenvalue weighted by molar-refractivity contribution is 6.03. The standard InChI is InChI=1S/C24H33N3O3/c1-8-14-9-20-25-12-15(22(30)27(20)13-14)21(29)26-18-11-19(28)17(24(5,6)7)10-16(18)23(2,3)4/h9-13,15,22,28,30H,8H2,1-7H3,(H,26,29). The van der Waals surface area contributed by atoms with Gasteiger partial charge in [-0.3, -0.25) is 4.79 Å². The Bertz CT molecular complexity index is 990. The molecule has 1 aliphatic heterocycles. The molecule has 0 radical (unpaired) electrons. The SMILES string of the molecule is CCc1cc2n(c1)C(O)C(C(=O)Nc1cc(O)c(C(C)(C)C)cc1C(C)(C)C)C=N2. The molecule has 2 unspecified atom stereocenters. The van der Waals surface area contributed by atoms with Crippen molar-refractivity contribution in [3.05, 3.63) is 41.1 Å². The lowest BCUT2D eigenvalue weighted by molar-refractivity contribution is -0.122. The average Bonchev–Trinajstić information content (AvgIpc) is 3.04. The molecule has 1 amide bonds. The summed E-state index contributed by atoms with van der Waals surface area (Å²) >= 11 is 0. The summed E-state index contributed by atoms with van der Waals surface area (Å²) < 4.78 is 1.63. The highest BCUT2D eigenvalue weighted by Crippen LogP contribution is 2.40. The van der Waals surface area contributed by atoms with Crippen molar-refractivity contribution < 1.29 is 15.0 Å². The zero-order valence-electron chi connectivity index (χ0n) is 18.9. The van der Waals surface area contributed by atoms with Crippen molar-refractivity contribution in [3.8, 4) is 5.75 Å². The number of hydrogen-bond acceptors (Lipinski definition) is 4. The first-order valence-electron chi connectivity index (χ1n) is 10.4. The Labute approximate surface area is 178 Å². The molecule has 6 nitrogen and oxygen atoms in total. The minimum atomic E-state index is -1.03. The quantitative estimate of drug-likeness (QED) is 0.677. The third-order valence-electron chi connectivity index (χ3n) is 5.58. The van der Waals surface area contributed by atoms with Crippen LogP contribution in [0.5, 0.6) is 5.75 Å². The molecule has 0 saturated carbocycles. The minimum Gasteiger partial charge on any atom is -0.508 e. The molecule has 1 aliphatic rings. The molecule has 0 saturated heterocycles. The second-order valence-electron chi connectivity index (χ2n) is 10.1. The maximum absolute atomic E-state index is 13.1. The van der Waals surface area contributed by atoms with Crippen LogP contribution in [-0.4, -0.2) is 26.9 Å². The largest absolute Gasteiger partial charge is 0.508 e. The third-order valence-corrected chi connectivity index (χ3v) is 5.58. The number of carbonyl (C=O) groups is 1. The average molecular weight is 412 g/mol. The monoisotopic (exact) mass is 411 g/mol. The number of aliphatic hydroxyl groups excluding tert-OH is 1. The molecule has 0 spiro atoms. The number of aryl methyl sites for hydroxylation is 1. The van der Waals surface area contributed by atoms with Crippen molar-refractivity contribution in [3.63, 3.8) is 0 Å². The number of carbonyl (C=O) groups excluding carboxylic acids is 1. The summed E-state index contributed by atoms with van der Waals surface area (Å²) in [5.41, 5.74) is 2.87. The van der Waals surface area contributed by atoms with Gasteiger partial charge in [-0.05, 0) is 46.1 Å². The first kappa shape index (κ1) is 22.1. The van der Waals surface area contributed by atoms with Crippen LogP contribution in [0.15, 0.2) is 29.4 Å². The number of aliphatic hydroxyl groups is 1. The van der Waals surface area contributed by atoms with Gasteiger partial charge in [-0.15, -0.1) is 0 Å². The van der Waals surface area contributed by atoms with E-state index in [4.69, 9.17) is 0 Å². The number of fused-ring (bicyclic) bond motifs is 1. The first-order valence-corrected chi connectivity index (χ1v) is 10.4. The summed E-state index contributed by atoms with van der Waals surface area (Å²) in [5.74, 6) is -0.404. The van der Waals surface area contributed by atoms with Crippen molar-refractivity contribution in [1.82, 2.24) is 4.57 Å². The van der Waals surface area contributed by atoms with Crippen LogP contribution in [0.25, 0.3) is 0 Å². The molecule has 1 aromatic heterocycles. The van der Waals surface area contributed by atoms with Crippen LogP contribution in [-0.2, 0) is 22.0 Å². The van der Waals surface area contributed by atoms with E-state index in [0.717, 1.165) is 23.1 Å². The fourth-order valence-electron chi connectivity index (χ4n) is 3.77. The van der Waals surface area contributed by atoms with Gasteiger partial charge in [0.2, 0.25) is 5.91 Å². The van der Waals surface area contributed by atoms with E-state index in [0.29, 0.717) is 11.5 Å². The molecule has 6 heteroatoms. The Hall–Kier alpha value is -2.60. The van der Waals surface area contributed by atoms with Crippen LogP contribution < -0.4 is 5.32 Å². The maximum Gasteiger partial charge on any atom is 0.237 e. The summed E-state index contributed by atoms with van der Waals surface area (Å²) in [4.78, 5) is 17.4. The molecule has 3 N–H and O–H groups in total. The number of anilines is 1. The van der Waals surface area contributed by atoms with Crippen molar-refractivity contribution >= 4 is 23.6 Å². The number of amides is 1. The van der Waals surface area contributed by atoms with Gasteiger partial charge in [-0.2, -0.15) is 0 Å². The Morgan fingerprint density at radius 1 is 1.10 bits per heavy atom. The number of benzene rings is 1.